The number of amides is 4. The number of aliphatic imine (C=N–C) groups is 1. The summed E-state index contributed by atoms with van der Waals surface area (Å²) in [5.41, 5.74) is 3.41. The molecular weight excluding hydrogens is 576 g/mol. The highest BCUT2D eigenvalue weighted by molar-refractivity contribution is 6.06. The van der Waals surface area contributed by atoms with Crippen molar-refractivity contribution in [2.24, 2.45) is 4.99 Å². The molecular formula is C32H36N8O5. The molecule has 3 aliphatic rings. The van der Waals surface area contributed by atoms with Crippen molar-refractivity contribution in [2.45, 2.75) is 32.4 Å². The summed E-state index contributed by atoms with van der Waals surface area (Å²) < 4.78 is 10.3. The zero-order valence-corrected chi connectivity index (χ0v) is 25.7. The average molecular weight is 613 g/mol. The van der Waals surface area contributed by atoms with Crippen LogP contribution in [0.2, 0.25) is 0 Å². The minimum atomic E-state index is -0.889. The predicted octanol–water partition coefficient (Wildman–Crippen LogP) is 3.98. The van der Waals surface area contributed by atoms with Crippen LogP contribution in [0.4, 0.5) is 10.6 Å². The number of nitrogens with one attached hydrogen (secondary N) is 4. The fraction of sp³-hybridized carbons (Fsp3) is 0.250. The van der Waals surface area contributed by atoms with Crippen LogP contribution in [0.3, 0.4) is 0 Å². The number of aromatic amines is 1. The second kappa shape index (κ2) is 15.1. The maximum Gasteiger partial charge on any atom is 0.322 e. The van der Waals surface area contributed by atoms with Gasteiger partial charge in [-0.05, 0) is 35.9 Å². The molecule has 13 heteroatoms. The van der Waals surface area contributed by atoms with Crippen LogP contribution in [-0.4, -0.2) is 71.5 Å². The van der Waals surface area contributed by atoms with Crippen molar-refractivity contribution >= 4 is 36.0 Å². The van der Waals surface area contributed by atoms with Gasteiger partial charge >= 0.3 is 6.03 Å². The minimum Gasteiger partial charge on any atom is -0.498 e. The van der Waals surface area contributed by atoms with E-state index in [-0.39, 0.29) is 17.6 Å². The van der Waals surface area contributed by atoms with Gasteiger partial charge in [0.25, 0.3) is 11.8 Å². The lowest BCUT2D eigenvalue weighted by atomic mass is 10.0. The van der Waals surface area contributed by atoms with E-state index >= 15 is 0 Å². The van der Waals surface area contributed by atoms with Gasteiger partial charge in [0.1, 0.15) is 23.1 Å². The molecule has 2 atom stereocenters. The summed E-state index contributed by atoms with van der Waals surface area (Å²) in [4.78, 5) is 45.4. The molecule has 3 aromatic rings. The Bertz CT molecular complexity index is 1640. The van der Waals surface area contributed by atoms with E-state index in [1.807, 2.05) is 62.7 Å². The third-order valence-electron chi connectivity index (χ3n) is 6.76. The molecule has 45 heavy (non-hydrogen) atoms. The number of benzene rings is 1. The van der Waals surface area contributed by atoms with E-state index in [0.29, 0.717) is 23.9 Å². The first kappa shape index (κ1) is 32.2. The number of anilines is 1. The molecule has 5 heterocycles. The number of carbonyl (C=O) groups is 3. The summed E-state index contributed by atoms with van der Waals surface area (Å²) in [5.74, 6) is 1.84. The first-order valence-electron chi connectivity index (χ1n) is 14.3. The Kier molecular flexibility index (Phi) is 10.8. The van der Waals surface area contributed by atoms with Crippen LogP contribution in [-0.2, 0) is 16.1 Å². The normalized spacial score (nSPS) is 18.3. The van der Waals surface area contributed by atoms with E-state index in [1.54, 1.807) is 49.5 Å². The van der Waals surface area contributed by atoms with E-state index in [4.69, 9.17) is 9.47 Å². The van der Waals surface area contributed by atoms with Crippen LogP contribution in [0.15, 0.2) is 83.6 Å². The molecule has 4 amide bonds. The fourth-order valence-electron chi connectivity index (χ4n) is 4.54. The predicted molar refractivity (Wildman–Crippen MR) is 170 cm³/mol. The number of imide groups is 1. The number of pyridine rings is 1. The molecule has 3 aliphatic heterocycles. The summed E-state index contributed by atoms with van der Waals surface area (Å²) in [5, 5.41) is 14.6. The lowest BCUT2D eigenvalue weighted by molar-refractivity contribution is -0.120. The van der Waals surface area contributed by atoms with Gasteiger partial charge in [-0.2, -0.15) is 5.10 Å². The van der Waals surface area contributed by atoms with E-state index in [2.05, 4.69) is 36.1 Å². The largest absolute Gasteiger partial charge is 0.498 e. The van der Waals surface area contributed by atoms with Crippen LogP contribution in [0.25, 0.3) is 6.08 Å². The standard InChI is InChI=1S/C20H19N7O3.C10H11NO2.C2H6/c1-30-15(18-19(28)27-20(29)26-18)8-14-5-3-7-17(24-14)25-16-6-2-4-12(9-21-16)13-10-22-23-11-13;1-11-6-7-3-4-8(13-2)5-9(7)10(11)12;1-2/h2-12,18H,1H3,(H,22,23)(H,24,25)(H2,26,27,28,29);3-5H,6H2,1-2H3;1-2H3/b15-8-;;. The van der Waals surface area contributed by atoms with Gasteiger partial charge in [-0.3, -0.25) is 20.0 Å². The first-order chi connectivity index (χ1) is 21.8. The van der Waals surface area contributed by atoms with E-state index in [1.165, 1.54) is 7.11 Å². The van der Waals surface area contributed by atoms with E-state index in [9.17, 15) is 14.4 Å². The molecule has 1 saturated heterocycles. The maximum absolute atomic E-state index is 11.9. The fourth-order valence-corrected chi connectivity index (χ4v) is 4.54. The van der Waals surface area contributed by atoms with Crippen molar-refractivity contribution < 1.29 is 23.9 Å². The summed E-state index contributed by atoms with van der Waals surface area (Å²) in [6.45, 7) is 4.71. The van der Waals surface area contributed by atoms with Crippen molar-refractivity contribution in [3.8, 4) is 5.75 Å². The molecule has 234 valence electrons. The van der Waals surface area contributed by atoms with Crippen molar-refractivity contribution in [1.82, 2.24) is 30.7 Å². The Labute approximate surface area is 261 Å². The number of ether oxygens (including phenoxy) is 2. The number of rotatable bonds is 7. The number of hydrogen-bond acceptors (Lipinski definition) is 9. The van der Waals surface area contributed by atoms with Crippen LogP contribution < -0.4 is 20.7 Å². The second-order valence-corrected chi connectivity index (χ2v) is 9.68. The number of aromatic nitrogens is 3. The molecule has 0 radical (unpaired) electrons. The van der Waals surface area contributed by atoms with Crippen LogP contribution in [0, 0.1) is 0 Å². The molecule has 0 bridgehead atoms. The van der Waals surface area contributed by atoms with Gasteiger partial charge in [-0.15, -0.1) is 0 Å². The van der Waals surface area contributed by atoms with Crippen molar-refractivity contribution in [3.63, 3.8) is 0 Å². The lowest BCUT2D eigenvalue weighted by Gasteiger charge is -2.11. The molecule has 4 N–H and O–H groups in total. The highest BCUT2D eigenvalue weighted by atomic mass is 16.5. The number of H-pyrrole nitrogens is 1. The SMILES string of the molecule is CC.CO/C(=C\c1cccc(NC2=CC=CC(c3cn[nH]c3)C=N2)n1)C1NC(=O)NC1=O.COc1ccc2c(c1)C(=O)N(C)C2. The number of carbonyl (C=O) groups excluding carboxylic acids is 3. The van der Waals surface area contributed by atoms with Crippen molar-refractivity contribution in [3.05, 3.63) is 101 Å². The highest BCUT2D eigenvalue weighted by Crippen LogP contribution is 2.25. The smallest absolute Gasteiger partial charge is 0.322 e. The summed E-state index contributed by atoms with van der Waals surface area (Å²) in [6, 6.07) is 9.54. The Morgan fingerprint density at radius 3 is 2.64 bits per heavy atom. The molecule has 13 nitrogen and oxygen atoms in total. The third-order valence-corrected chi connectivity index (χ3v) is 6.76. The third kappa shape index (κ3) is 8.02. The van der Waals surface area contributed by atoms with Gasteiger partial charge in [0, 0.05) is 49.1 Å². The molecule has 6 rings (SSSR count). The molecule has 1 aromatic carbocycles. The Morgan fingerprint density at radius 2 is 1.96 bits per heavy atom. The highest BCUT2D eigenvalue weighted by Gasteiger charge is 2.33. The quantitative estimate of drug-likeness (QED) is 0.230. The first-order valence-corrected chi connectivity index (χ1v) is 14.3. The maximum atomic E-state index is 11.9. The van der Waals surface area contributed by atoms with Gasteiger partial charge in [0.15, 0.2) is 6.04 Å². The number of urea groups is 1. The lowest BCUT2D eigenvalue weighted by Crippen LogP contribution is -2.31. The van der Waals surface area contributed by atoms with Crippen LogP contribution in [0.5, 0.6) is 5.75 Å². The van der Waals surface area contributed by atoms with Gasteiger partial charge in [0.2, 0.25) is 0 Å². The molecule has 2 aromatic heterocycles. The molecule has 0 saturated carbocycles. The van der Waals surface area contributed by atoms with Gasteiger partial charge in [-0.25, -0.2) is 14.8 Å². The molecule has 2 unspecified atom stereocenters. The van der Waals surface area contributed by atoms with Gasteiger partial charge in [-0.1, -0.05) is 38.1 Å². The summed E-state index contributed by atoms with van der Waals surface area (Å²) in [6.07, 6.45) is 12.8. The summed E-state index contributed by atoms with van der Waals surface area (Å²) >= 11 is 0. The molecule has 0 spiro atoms. The van der Waals surface area contributed by atoms with Gasteiger partial charge < -0.3 is 25.0 Å². The summed E-state index contributed by atoms with van der Waals surface area (Å²) in [7, 11) is 4.83. The minimum absolute atomic E-state index is 0.0264. The Hall–Kier alpha value is -5.72. The van der Waals surface area contributed by atoms with E-state index in [0.717, 1.165) is 22.4 Å². The molecule has 0 aliphatic carbocycles. The van der Waals surface area contributed by atoms with Crippen molar-refractivity contribution in [2.75, 3.05) is 26.6 Å². The number of methoxy groups -OCH3 is 2. The monoisotopic (exact) mass is 612 g/mol. The van der Waals surface area contributed by atoms with Crippen LogP contribution >= 0.6 is 0 Å². The van der Waals surface area contributed by atoms with Crippen LogP contribution in [0.1, 0.15) is 46.9 Å². The Morgan fingerprint density at radius 1 is 1.13 bits per heavy atom. The zero-order chi connectivity index (χ0) is 32.3. The van der Waals surface area contributed by atoms with Crippen molar-refractivity contribution in [1.29, 1.82) is 0 Å². The van der Waals surface area contributed by atoms with Gasteiger partial charge in [0.05, 0.1) is 26.1 Å². The van der Waals surface area contributed by atoms with E-state index < -0.39 is 18.0 Å². The average Bonchev–Trinajstić information content (AvgIpc) is 3.73. The second-order valence-electron chi connectivity index (χ2n) is 9.68. The topological polar surface area (TPSA) is 163 Å². The number of nitrogens with zero attached hydrogens (tertiary/aromatic N) is 4. The zero-order valence-electron chi connectivity index (χ0n) is 25.7. The number of allylic oxidation sites excluding steroid dienone is 3. The molecule has 1 fully saturated rings. The Balaban J connectivity index is 0.000000255. The number of fused-ring (bicyclic) bond motifs is 1. The number of hydrogen-bond donors (Lipinski definition) is 4.